The zero-order chi connectivity index (χ0) is 35.7. The van der Waals surface area contributed by atoms with E-state index in [1.807, 2.05) is 60.7 Å². The molecule has 0 bridgehead atoms. The van der Waals surface area contributed by atoms with Gasteiger partial charge in [-0.05, 0) is 36.4 Å². The van der Waals surface area contributed by atoms with Crippen LogP contribution in [0, 0.1) is 0 Å². The summed E-state index contributed by atoms with van der Waals surface area (Å²) in [6, 6.07) is 43.9. The maximum atomic E-state index is 13.9. The Balaban J connectivity index is 1.29. The molecule has 0 saturated carbocycles. The number of hydrogen-bond donors (Lipinski definition) is 0. The van der Waals surface area contributed by atoms with Gasteiger partial charge in [0.2, 0.25) is 0 Å². The molecule has 1 unspecified atom stereocenters. The molecule has 0 radical (unpaired) electrons. The van der Waals surface area contributed by atoms with E-state index in [9.17, 15) is 14.4 Å². The Bertz CT molecular complexity index is 1790. The average Bonchev–Trinajstić information content (AvgIpc) is 3.22. The Morgan fingerprint density at radius 3 is 1.15 bits per heavy atom. The van der Waals surface area contributed by atoms with Gasteiger partial charge in [0, 0.05) is 11.1 Å². The second-order valence-corrected chi connectivity index (χ2v) is 12.2. The highest BCUT2D eigenvalue weighted by Gasteiger charge is 2.51. The summed E-state index contributed by atoms with van der Waals surface area (Å²) in [5.74, 6) is -1.95. The van der Waals surface area contributed by atoms with E-state index in [2.05, 4.69) is 0 Å². The van der Waals surface area contributed by atoms with Crippen molar-refractivity contribution in [2.24, 2.45) is 0 Å². The monoisotopic (exact) mass is 700 g/mol. The lowest BCUT2D eigenvalue weighted by atomic mass is 9.96. The number of carbonyl (C=O) groups is 3. The number of benzene rings is 5. The van der Waals surface area contributed by atoms with Gasteiger partial charge >= 0.3 is 17.9 Å². The summed E-state index contributed by atoms with van der Waals surface area (Å²) in [5.41, 5.74) is 2.27. The summed E-state index contributed by atoms with van der Waals surface area (Å²) in [4.78, 5) is 40.9. The molecule has 0 amide bonds. The Morgan fingerprint density at radius 1 is 0.462 bits per heavy atom. The third kappa shape index (κ3) is 8.28. The lowest BCUT2D eigenvalue weighted by molar-refractivity contribution is -0.317. The normalized spacial score (nSPS) is 23.5. The lowest BCUT2D eigenvalue weighted by Gasteiger charge is -2.45. The molecule has 2 heterocycles. The smallest absolute Gasteiger partial charge is 0.338 e. The third-order valence-electron chi connectivity index (χ3n) is 8.70. The minimum Gasteiger partial charge on any atom is -0.453 e. The molecule has 52 heavy (non-hydrogen) atoms. The zero-order valence-electron chi connectivity index (χ0n) is 28.0. The highest BCUT2D eigenvalue weighted by atomic mass is 16.7. The van der Waals surface area contributed by atoms with E-state index in [4.69, 9.17) is 33.2 Å². The van der Waals surface area contributed by atoms with Crippen molar-refractivity contribution in [1.29, 1.82) is 0 Å². The van der Waals surface area contributed by atoms with Gasteiger partial charge in [0.1, 0.15) is 12.2 Å². The first-order valence-corrected chi connectivity index (χ1v) is 17.0. The summed E-state index contributed by atoms with van der Waals surface area (Å²) in [7, 11) is 0. The van der Waals surface area contributed by atoms with Crippen molar-refractivity contribution in [3.8, 4) is 0 Å². The molecule has 2 aliphatic heterocycles. The van der Waals surface area contributed by atoms with E-state index in [0.29, 0.717) is 22.3 Å². The Hall–Kier alpha value is -5.65. The van der Waals surface area contributed by atoms with Crippen LogP contribution in [0.25, 0.3) is 0 Å². The first-order valence-electron chi connectivity index (χ1n) is 17.0. The molecule has 2 fully saturated rings. The predicted molar refractivity (Wildman–Crippen MR) is 187 cm³/mol. The molecule has 7 atom stereocenters. The Kier molecular flexibility index (Phi) is 11.1. The van der Waals surface area contributed by atoms with Crippen molar-refractivity contribution in [2.75, 3.05) is 13.2 Å². The van der Waals surface area contributed by atoms with Crippen LogP contribution in [0.5, 0.6) is 0 Å². The van der Waals surface area contributed by atoms with Crippen molar-refractivity contribution in [2.45, 2.75) is 43.1 Å². The summed E-state index contributed by atoms with van der Waals surface area (Å²) in [6.45, 7) is -0.218. The van der Waals surface area contributed by atoms with E-state index < -0.39 is 61.0 Å². The maximum Gasteiger partial charge on any atom is 0.338 e. The maximum absolute atomic E-state index is 13.9. The van der Waals surface area contributed by atoms with Gasteiger partial charge in [0.25, 0.3) is 0 Å². The van der Waals surface area contributed by atoms with Crippen LogP contribution in [0.2, 0.25) is 0 Å². The number of ether oxygens (including phenoxy) is 7. The van der Waals surface area contributed by atoms with Crippen molar-refractivity contribution >= 4 is 17.9 Å². The SMILES string of the molecule is O=C(OC([C@H]1O[C@@H](c2ccccc2)OC[C@H]1OC(=O)c1ccccc1)[C@@H]1O[C@@H](c2ccccc2)OC[C@@H]1OC(=O)c1ccccc1)c1ccccc1. The van der Waals surface area contributed by atoms with Crippen LogP contribution in [-0.4, -0.2) is 61.6 Å². The molecule has 5 aromatic rings. The van der Waals surface area contributed by atoms with Gasteiger partial charge in [-0.3, -0.25) is 0 Å². The molecule has 0 spiro atoms. The first kappa shape index (κ1) is 34.8. The van der Waals surface area contributed by atoms with Gasteiger partial charge in [-0.15, -0.1) is 0 Å². The number of rotatable bonds is 10. The van der Waals surface area contributed by atoms with Crippen LogP contribution >= 0.6 is 0 Å². The molecule has 264 valence electrons. The molecule has 0 N–H and O–H groups in total. The molecule has 5 aromatic carbocycles. The molecule has 7 rings (SSSR count). The van der Waals surface area contributed by atoms with Gasteiger partial charge < -0.3 is 33.2 Å². The number of carbonyl (C=O) groups excluding carboxylic acids is 3. The molecule has 2 saturated heterocycles. The second kappa shape index (κ2) is 16.6. The van der Waals surface area contributed by atoms with Crippen LogP contribution in [-0.2, 0) is 33.2 Å². The van der Waals surface area contributed by atoms with Crippen LogP contribution in [0.3, 0.4) is 0 Å². The summed E-state index contributed by atoms with van der Waals surface area (Å²) in [6.07, 6.45) is -7.69. The van der Waals surface area contributed by atoms with Crippen LogP contribution < -0.4 is 0 Å². The van der Waals surface area contributed by atoms with Gasteiger partial charge in [0.15, 0.2) is 30.9 Å². The van der Waals surface area contributed by atoms with Crippen molar-refractivity contribution in [1.82, 2.24) is 0 Å². The van der Waals surface area contributed by atoms with Gasteiger partial charge in [-0.2, -0.15) is 0 Å². The van der Waals surface area contributed by atoms with E-state index >= 15 is 0 Å². The summed E-state index contributed by atoms with van der Waals surface area (Å²) in [5, 5.41) is 0. The minimum atomic E-state index is -1.32. The average molecular weight is 701 g/mol. The molecule has 10 heteroatoms. The molecule has 0 aromatic heterocycles. The van der Waals surface area contributed by atoms with E-state index in [-0.39, 0.29) is 18.8 Å². The molecule has 0 aliphatic carbocycles. The second-order valence-electron chi connectivity index (χ2n) is 12.2. The highest BCUT2D eigenvalue weighted by molar-refractivity contribution is 5.90. The first-order chi connectivity index (χ1) is 25.5. The Morgan fingerprint density at radius 2 is 0.788 bits per heavy atom. The fourth-order valence-electron chi connectivity index (χ4n) is 6.09. The molecule has 2 aliphatic rings. The van der Waals surface area contributed by atoms with E-state index in [0.717, 1.165) is 0 Å². The van der Waals surface area contributed by atoms with Crippen molar-refractivity contribution in [3.63, 3.8) is 0 Å². The molecular weight excluding hydrogens is 664 g/mol. The van der Waals surface area contributed by atoms with Crippen LogP contribution in [0.1, 0.15) is 54.8 Å². The third-order valence-corrected chi connectivity index (χ3v) is 8.70. The van der Waals surface area contributed by atoms with Gasteiger partial charge in [0.05, 0.1) is 29.9 Å². The summed E-state index contributed by atoms with van der Waals surface area (Å²) >= 11 is 0. The lowest BCUT2D eigenvalue weighted by Crippen LogP contribution is -2.60. The molecule has 10 nitrogen and oxygen atoms in total. The van der Waals surface area contributed by atoms with Crippen molar-refractivity contribution in [3.05, 3.63) is 179 Å². The minimum absolute atomic E-state index is 0.109. The quantitative estimate of drug-likeness (QED) is 0.113. The number of hydrogen-bond acceptors (Lipinski definition) is 10. The highest BCUT2D eigenvalue weighted by Crippen LogP contribution is 2.37. The topological polar surface area (TPSA) is 116 Å². The van der Waals surface area contributed by atoms with Crippen molar-refractivity contribution < 1.29 is 47.5 Å². The van der Waals surface area contributed by atoms with E-state index in [1.165, 1.54) is 0 Å². The fraction of sp³-hybridized carbons (Fsp3) is 0.214. The van der Waals surface area contributed by atoms with Gasteiger partial charge in [-0.1, -0.05) is 115 Å². The summed E-state index contributed by atoms with van der Waals surface area (Å²) < 4.78 is 43.9. The standard InChI is InChI=1S/C42H36O10/c43-38(28-16-6-1-7-17-28)48-33-26-46-41(31-22-12-4-13-23-31)51-35(33)37(50-40(45)30-20-10-3-11-21-30)36-34(49-39(44)29-18-8-2-9-19-29)27-47-42(52-36)32-24-14-5-15-25-32/h1-25,33-37,41-42H,26-27H2/t33-,34+,35+,36-,37?,41-,42-/m0/s1. The van der Waals surface area contributed by atoms with E-state index in [1.54, 1.807) is 91.0 Å². The molecular formula is C42H36O10. The van der Waals surface area contributed by atoms with Crippen LogP contribution in [0.15, 0.2) is 152 Å². The Labute approximate surface area is 300 Å². The fourth-order valence-corrected chi connectivity index (χ4v) is 6.09. The van der Waals surface area contributed by atoms with Gasteiger partial charge in [-0.25, -0.2) is 14.4 Å². The largest absolute Gasteiger partial charge is 0.453 e. The van der Waals surface area contributed by atoms with Crippen LogP contribution in [0.4, 0.5) is 0 Å². The predicted octanol–water partition coefficient (Wildman–Crippen LogP) is 6.89. The zero-order valence-corrected chi connectivity index (χ0v) is 28.0. The number of esters is 3.